The Morgan fingerprint density at radius 1 is 0.246 bits per heavy atom. The number of hydrogen-bond donors (Lipinski definition) is 0. The average Bonchev–Trinajstić information content (AvgIpc) is 3.65. The van der Waals surface area contributed by atoms with Crippen LogP contribution < -0.4 is 0 Å². The van der Waals surface area contributed by atoms with Crippen LogP contribution in [0.5, 0.6) is 0 Å². The lowest BCUT2D eigenvalue weighted by Crippen LogP contribution is -1.89. The third-order valence-electron chi connectivity index (χ3n) is 12.6. The summed E-state index contributed by atoms with van der Waals surface area (Å²) in [5, 5.41) is 20.0. The monoisotopic (exact) mass is 720 g/mol. The molecule has 1 aromatic heterocycles. The van der Waals surface area contributed by atoms with Gasteiger partial charge in [0.15, 0.2) is 0 Å². The molecule has 1 heteroatoms. The molecule has 0 unspecified atom stereocenters. The van der Waals surface area contributed by atoms with E-state index in [0.29, 0.717) is 0 Å². The predicted octanol–water partition coefficient (Wildman–Crippen LogP) is 16.1. The number of rotatable bonds is 3. The van der Waals surface area contributed by atoms with E-state index < -0.39 is 0 Å². The highest BCUT2D eigenvalue weighted by molar-refractivity contribution is 6.27. The second kappa shape index (κ2) is 11.5. The van der Waals surface area contributed by atoms with Gasteiger partial charge in [0.1, 0.15) is 11.2 Å². The minimum Gasteiger partial charge on any atom is -0.455 e. The summed E-state index contributed by atoms with van der Waals surface area (Å²) in [6.07, 6.45) is 0. The number of hydrogen-bond acceptors (Lipinski definition) is 1. The molecule has 0 N–H and O–H groups in total. The molecule has 0 bridgehead atoms. The topological polar surface area (TPSA) is 13.1 Å². The maximum absolute atomic E-state index is 7.04. The molecule has 0 saturated carbocycles. The van der Waals surface area contributed by atoms with Crippen LogP contribution in [0.25, 0.3) is 131 Å². The molecule has 13 aromatic rings. The van der Waals surface area contributed by atoms with Crippen LogP contribution in [0.4, 0.5) is 0 Å². The summed E-state index contributed by atoms with van der Waals surface area (Å²) in [6.45, 7) is 0. The second-order valence-electron chi connectivity index (χ2n) is 15.6. The third-order valence-corrected chi connectivity index (χ3v) is 12.6. The van der Waals surface area contributed by atoms with E-state index in [1.807, 2.05) is 0 Å². The minimum absolute atomic E-state index is 0.902. The van der Waals surface area contributed by atoms with E-state index >= 15 is 0 Å². The van der Waals surface area contributed by atoms with Gasteiger partial charge in [0.25, 0.3) is 0 Å². The zero-order valence-electron chi connectivity index (χ0n) is 30.9. The van der Waals surface area contributed by atoms with Crippen LogP contribution in [0.3, 0.4) is 0 Å². The number of fused-ring (bicyclic) bond motifs is 9. The first-order valence-corrected chi connectivity index (χ1v) is 19.7. The molecule has 0 spiro atoms. The van der Waals surface area contributed by atoms with Gasteiger partial charge in [-0.05, 0) is 127 Å². The van der Waals surface area contributed by atoms with Crippen LogP contribution in [-0.2, 0) is 0 Å². The fraction of sp³-hybridized carbons (Fsp3) is 0. The maximum atomic E-state index is 7.04. The molecule has 13 rings (SSSR count). The van der Waals surface area contributed by atoms with Crippen molar-refractivity contribution in [1.29, 1.82) is 0 Å². The van der Waals surface area contributed by atoms with Crippen LogP contribution in [0.2, 0.25) is 0 Å². The van der Waals surface area contributed by atoms with Crippen molar-refractivity contribution in [2.24, 2.45) is 0 Å². The smallest absolute Gasteiger partial charge is 0.143 e. The summed E-state index contributed by atoms with van der Waals surface area (Å²) >= 11 is 0. The molecule has 0 amide bonds. The first kappa shape index (κ1) is 30.8. The molecule has 1 heterocycles. The Kier molecular flexibility index (Phi) is 6.23. The van der Waals surface area contributed by atoms with E-state index in [1.165, 1.54) is 103 Å². The van der Waals surface area contributed by atoms with Gasteiger partial charge < -0.3 is 4.42 Å². The van der Waals surface area contributed by atoms with Crippen molar-refractivity contribution < 1.29 is 4.42 Å². The van der Waals surface area contributed by atoms with Gasteiger partial charge in [-0.25, -0.2) is 0 Å². The highest BCUT2D eigenvalue weighted by Crippen LogP contribution is 2.47. The van der Waals surface area contributed by atoms with Gasteiger partial charge in [-0.3, -0.25) is 0 Å². The van der Waals surface area contributed by atoms with Crippen molar-refractivity contribution in [3.05, 3.63) is 194 Å². The Morgan fingerprint density at radius 3 is 1.61 bits per heavy atom. The molecule has 0 aliphatic heterocycles. The summed E-state index contributed by atoms with van der Waals surface area (Å²) in [4.78, 5) is 0. The van der Waals surface area contributed by atoms with Crippen LogP contribution in [-0.4, -0.2) is 0 Å². The highest BCUT2D eigenvalue weighted by Gasteiger charge is 2.21. The molecule has 57 heavy (non-hydrogen) atoms. The van der Waals surface area contributed by atoms with E-state index in [9.17, 15) is 0 Å². The molecular weight excluding hydrogens is 689 g/mol. The zero-order chi connectivity index (χ0) is 37.2. The van der Waals surface area contributed by atoms with Crippen LogP contribution >= 0.6 is 0 Å². The van der Waals surface area contributed by atoms with Gasteiger partial charge in [0.2, 0.25) is 0 Å². The van der Waals surface area contributed by atoms with E-state index in [1.54, 1.807) is 0 Å². The molecule has 262 valence electrons. The molecule has 0 aliphatic rings. The Balaban J connectivity index is 1.04. The van der Waals surface area contributed by atoms with Crippen molar-refractivity contribution in [2.75, 3.05) is 0 Å². The van der Waals surface area contributed by atoms with E-state index in [2.05, 4.69) is 194 Å². The maximum Gasteiger partial charge on any atom is 0.143 e. The largest absolute Gasteiger partial charge is 0.455 e. The Bertz CT molecular complexity index is 3770. The Labute approximate surface area is 328 Å². The van der Waals surface area contributed by atoms with Crippen LogP contribution in [0, 0.1) is 0 Å². The third kappa shape index (κ3) is 4.40. The van der Waals surface area contributed by atoms with Gasteiger partial charge in [-0.2, -0.15) is 0 Å². The molecule has 0 radical (unpaired) electrons. The Morgan fingerprint density at radius 2 is 0.807 bits per heavy atom. The molecule has 1 nitrogen and oxygen atoms in total. The number of benzene rings is 12. The lowest BCUT2D eigenvalue weighted by Gasteiger charge is -2.15. The van der Waals surface area contributed by atoms with Gasteiger partial charge >= 0.3 is 0 Å². The highest BCUT2D eigenvalue weighted by atomic mass is 16.3. The van der Waals surface area contributed by atoms with Crippen molar-refractivity contribution in [3.8, 4) is 33.4 Å². The first-order valence-electron chi connectivity index (χ1n) is 19.7. The van der Waals surface area contributed by atoms with Crippen molar-refractivity contribution >= 4 is 97.3 Å². The lowest BCUT2D eigenvalue weighted by molar-refractivity contribution is 0.670. The van der Waals surface area contributed by atoms with Gasteiger partial charge in [-0.15, -0.1) is 0 Å². The molecule has 0 saturated heterocycles. The summed E-state index contributed by atoms with van der Waals surface area (Å²) in [5.41, 5.74) is 8.90. The van der Waals surface area contributed by atoms with Crippen LogP contribution in [0.1, 0.15) is 0 Å². The van der Waals surface area contributed by atoms with E-state index in [4.69, 9.17) is 4.42 Å². The molecule has 0 atom stereocenters. The molecule has 0 fully saturated rings. The van der Waals surface area contributed by atoms with E-state index in [-0.39, 0.29) is 0 Å². The first-order chi connectivity index (χ1) is 28.2. The quantitative estimate of drug-likeness (QED) is 0.166. The van der Waals surface area contributed by atoms with Gasteiger partial charge in [-0.1, -0.05) is 170 Å². The van der Waals surface area contributed by atoms with Gasteiger partial charge in [0, 0.05) is 16.3 Å². The molecular formula is C56H32O. The van der Waals surface area contributed by atoms with Crippen molar-refractivity contribution in [3.63, 3.8) is 0 Å². The fourth-order valence-electron chi connectivity index (χ4n) is 9.94. The molecule has 0 aliphatic carbocycles. The normalized spacial score (nSPS) is 12.2. The van der Waals surface area contributed by atoms with Crippen molar-refractivity contribution in [2.45, 2.75) is 0 Å². The second-order valence-corrected chi connectivity index (χ2v) is 15.6. The summed E-state index contributed by atoms with van der Waals surface area (Å²) in [6, 6.07) is 71.5. The SMILES string of the molecule is c1ccc2cc3c(cc2c1)oc1c(-c2cc4ccc5ccccc5c4c4ccccc24)ccc(-c2ccc(-c4ccc5ccc6cccc7ccc4c5c67)cc2)c13. The van der Waals surface area contributed by atoms with Gasteiger partial charge in [0.05, 0.1) is 0 Å². The van der Waals surface area contributed by atoms with E-state index in [0.717, 1.165) is 27.5 Å². The standard InChI is InChI=1S/C56H32O/c1-2-10-40-32-51-50(30-39(40)9-1)55-44(35-18-16-34(17-19-35)42-26-24-38-22-21-36-11-7-12-37-25-27-47(42)54(38)52(36)37)28-29-48(56(55)57-51)49-31-41-23-20-33-8-3-4-13-43(33)53(41)46-15-6-5-14-45(46)49/h1-32H. The number of furan rings is 1. The molecule has 12 aromatic carbocycles. The average molecular weight is 721 g/mol. The predicted molar refractivity (Wildman–Crippen MR) is 244 cm³/mol. The lowest BCUT2D eigenvalue weighted by atomic mass is 9.88. The Hall–Kier alpha value is -7.48. The zero-order valence-corrected chi connectivity index (χ0v) is 30.9. The minimum atomic E-state index is 0.902. The summed E-state index contributed by atoms with van der Waals surface area (Å²) < 4.78 is 7.04. The fourth-order valence-corrected chi connectivity index (χ4v) is 9.94. The summed E-state index contributed by atoms with van der Waals surface area (Å²) in [5.74, 6) is 0. The van der Waals surface area contributed by atoms with Crippen molar-refractivity contribution in [1.82, 2.24) is 0 Å². The summed E-state index contributed by atoms with van der Waals surface area (Å²) in [7, 11) is 0. The van der Waals surface area contributed by atoms with Crippen LogP contribution in [0.15, 0.2) is 199 Å².